The second-order valence-corrected chi connectivity index (χ2v) is 5.54. The molecule has 0 aliphatic carbocycles. The fourth-order valence-electron chi connectivity index (χ4n) is 2.68. The van der Waals surface area contributed by atoms with E-state index in [1.165, 1.54) is 0 Å². The van der Waals surface area contributed by atoms with Gasteiger partial charge in [0.15, 0.2) is 0 Å². The lowest BCUT2D eigenvalue weighted by atomic mass is 10.0. The van der Waals surface area contributed by atoms with E-state index in [4.69, 9.17) is 4.74 Å². The molecule has 0 aromatic heterocycles. The number of methoxy groups -OCH3 is 1. The van der Waals surface area contributed by atoms with Crippen LogP contribution in [-0.2, 0) is 0 Å². The molecule has 2 aromatic carbocycles. The minimum Gasteiger partial charge on any atom is -0.496 e. The standard InChI is InChI=1S/C19H23NO3/c1-14-9-10-16(13-18(14)23-3)19(22)20(2)17(11-12-21)15-7-5-4-6-8-15/h4-10,13,17,21H,11-12H2,1-3H3. The Morgan fingerprint density at radius 3 is 2.52 bits per heavy atom. The Kier molecular flexibility index (Phi) is 5.77. The van der Waals surface area contributed by atoms with Crippen molar-refractivity contribution in [3.63, 3.8) is 0 Å². The number of aliphatic hydroxyl groups is 1. The third-order valence-corrected chi connectivity index (χ3v) is 4.03. The van der Waals surface area contributed by atoms with Crippen LogP contribution in [0.3, 0.4) is 0 Å². The number of hydrogen-bond acceptors (Lipinski definition) is 3. The van der Waals surface area contributed by atoms with E-state index in [9.17, 15) is 9.90 Å². The van der Waals surface area contributed by atoms with Gasteiger partial charge in [-0.15, -0.1) is 0 Å². The highest BCUT2D eigenvalue weighted by molar-refractivity contribution is 5.94. The minimum absolute atomic E-state index is 0.0222. The summed E-state index contributed by atoms with van der Waals surface area (Å²) in [5.74, 6) is 0.605. The van der Waals surface area contributed by atoms with Crippen molar-refractivity contribution in [1.82, 2.24) is 4.90 Å². The molecule has 0 fully saturated rings. The van der Waals surface area contributed by atoms with Crippen LogP contribution in [0.4, 0.5) is 0 Å². The van der Waals surface area contributed by atoms with E-state index in [-0.39, 0.29) is 18.6 Å². The highest BCUT2D eigenvalue weighted by Crippen LogP contribution is 2.26. The lowest BCUT2D eigenvalue weighted by Gasteiger charge is -2.28. The zero-order valence-corrected chi connectivity index (χ0v) is 13.8. The number of amides is 1. The van der Waals surface area contributed by atoms with Crippen molar-refractivity contribution in [3.05, 3.63) is 65.2 Å². The van der Waals surface area contributed by atoms with Crippen LogP contribution in [0.5, 0.6) is 5.75 Å². The van der Waals surface area contributed by atoms with E-state index in [0.717, 1.165) is 11.1 Å². The summed E-state index contributed by atoms with van der Waals surface area (Å²) in [5.41, 5.74) is 2.58. The molecule has 1 unspecified atom stereocenters. The SMILES string of the molecule is COc1cc(C(=O)N(C)C(CCO)c2ccccc2)ccc1C. The van der Waals surface area contributed by atoms with Gasteiger partial charge in [-0.05, 0) is 36.6 Å². The smallest absolute Gasteiger partial charge is 0.254 e. The molecule has 0 aliphatic rings. The summed E-state index contributed by atoms with van der Waals surface area (Å²) in [6.45, 7) is 1.96. The van der Waals surface area contributed by atoms with Crippen molar-refractivity contribution >= 4 is 5.91 Å². The van der Waals surface area contributed by atoms with Crippen LogP contribution in [0.1, 0.15) is 33.9 Å². The predicted molar refractivity (Wildman–Crippen MR) is 90.7 cm³/mol. The largest absolute Gasteiger partial charge is 0.496 e. The van der Waals surface area contributed by atoms with Gasteiger partial charge < -0.3 is 14.7 Å². The Balaban J connectivity index is 2.29. The first kappa shape index (κ1) is 17.0. The molecule has 4 nitrogen and oxygen atoms in total. The molecule has 0 heterocycles. The monoisotopic (exact) mass is 313 g/mol. The summed E-state index contributed by atoms with van der Waals surface area (Å²) in [7, 11) is 3.36. The Bertz CT molecular complexity index is 655. The van der Waals surface area contributed by atoms with Crippen LogP contribution >= 0.6 is 0 Å². The van der Waals surface area contributed by atoms with E-state index < -0.39 is 0 Å². The van der Waals surface area contributed by atoms with Crippen LogP contribution in [0, 0.1) is 6.92 Å². The molecular weight excluding hydrogens is 290 g/mol. The number of ether oxygens (including phenoxy) is 1. The molecule has 1 amide bonds. The fourth-order valence-corrected chi connectivity index (χ4v) is 2.68. The van der Waals surface area contributed by atoms with Gasteiger partial charge in [0, 0.05) is 19.2 Å². The molecule has 0 aliphatic heterocycles. The van der Waals surface area contributed by atoms with E-state index >= 15 is 0 Å². The van der Waals surface area contributed by atoms with Crippen molar-refractivity contribution in [2.24, 2.45) is 0 Å². The first-order chi connectivity index (χ1) is 11.1. The molecule has 23 heavy (non-hydrogen) atoms. The summed E-state index contributed by atoms with van der Waals surface area (Å²) in [4.78, 5) is 14.5. The molecule has 1 N–H and O–H groups in total. The number of benzene rings is 2. The number of hydrogen-bond donors (Lipinski definition) is 1. The second-order valence-electron chi connectivity index (χ2n) is 5.54. The van der Waals surface area contributed by atoms with Gasteiger partial charge in [-0.25, -0.2) is 0 Å². The van der Waals surface area contributed by atoms with Gasteiger partial charge in [0.2, 0.25) is 0 Å². The quantitative estimate of drug-likeness (QED) is 0.891. The van der Waals surface area contributed by atoms with Crippen molar-refractivity contribution in [1.29, 1.82) is 0 Å². The number of aryl methyl sites for hydroxylation is 1. The van der Waals surface area contributed by atoms with Gasteiger partial charge in [0.05, 0.1) is 13.2 Å². The molecule has 0 saturated carbocycles. The van der Waals surface area contributed by atoms with Gasteiger partial charge in [0.1, 0.15) is 5.75 Å². The first-order valence-electron chi connectivity index (χ1n) is 7.66. The molecule has 4 heteroatoms. The molecule has 2 aromatic rings. The molecular formula is C19H23NO3. The Morgan fingerprint density at radius 1 is 1.22 bits per heavy atom. The number of nitrogens with zero attached hydrogens (tertiary/aromatic N) is 1. The van der Waals surface area contributed by atoms with Gasteiger partial charge in [0.25, 0.3) is 5.91 Å². The van der Waals surface area contributed by atoms with Crippen LogP contribution in [-0.4, -0.2) is 36.7 Å². The molecule has 0 spiro atoms. The number of aliphatic hydroxyl groups excluding tert-OH is 1. The van der Waals surface area contributed by atoms with Crippen LogP contribution in [0.25, 0.3) is 0 Å². The van der Waals surface area contributed by atoms with Crippen LogP contribution in [0.15, 0.2) is 48.5 Å². The molecule has 0 bridgehead atoms. The summed E-state index contributed by atoms with van der Waals surface area (Å²) < 4.78 is 5.30. The average Bonchev–Trinajstić information content (AvgIpc) is 2.59. The Hall–Kier alpha value is -2.33. The van der Waals surface area contributed by atoms with Crippen LogP contribution < -0.4 is 4.74 Å². The number of rotatable bonds is 6. The third kappa shape index (κ3) is 3.90. The van der Waals surface area contributed by atoms with E-state index in [0.29, 0.717) is 17.7 Å². The Morgan fingerprint density at radius 2 is 1.91 bits per heavy atom. The van der Waals surface area contributed by atoms with E-state index in [1.54, 1.807) is 31.2 Å². The van der Waals surface area contributed by atoms with Crippen molar-refractivity contribution in [2.45, 2.75) is 19.4 Å². The van der Waals surface area contributed by atoms with Crippen LogP contribution in [0.2, 0.25) is 0 Å². The predicted octanol–water partition coefficient (Wildman–Crippen LogP) is 3.20. The van der Waals surface area contributed by atoms with Gasteiger partial charge in [-0.2, -0.15) is 0 Å². The van der Waals surface area contributed by atoms with Gasteiger partial charge >= 0.3 is 0 Å². The minimum atomic E-state index is -0.166. The van der Waals surface area contributed by atoms with Crippen molar-refractivity contribution < 1.29 is 14.6 Å². The maximum atomic E-state index is 12.8. The lowest BCUT2D eigenvalue weighted by molar-refractivity contribution is 0.0705. The first-order valence-corrected chi connectivity index (χ1v) is 7.66. The van der Waals surface area contributed by atoms with Gasteiger partial charge in [-0.1, -0.05) is 36.4 Å². The zero-order chi connectivity index (χ0) is 16.8. The summed E-state index contributed by atoms with van der Waals surface area (Å²) in [6, 6.07) is 15.0. The van der Waals surface area contributed by atoms with Crippen molar-refractivity contribution in [2.75, 3.05) is 20.8 Å². The summed E-state index contributed by atoms with van der Waals surface area (Å²) in [6.07, 6.45) is 0.495. The highest BCUT2D eigenvalue weighted by atomic mass is 16.5. The normalized spacial score (nSPS) is 11.8. The van der Waals surface area contributed by atoms with E-state index in [2.05, 4.69) is 0 Å². The molecule has 2 rings (SSSR count). The maximum Gasteiger partial charge on any atom is 0.254 e. The van der Waals surface area contributed by atoms with Crippen molar-refractivity contribution in [3.8, 4) is 5.75 Å². The highest BCUT2D eigenvalue weighted by Gasteiger charge is 2.22. The lowest BCUT2D eigenvalue weighted by Crippen LogP contribution is -2.32. The average molecular weight is 313 g/mol. The molecule has 1 atom stereocenters. The topological polar surface area (TPSA) is 49.8 Å². The summed E-state index contributed by atoms with van der Waals surface area (Å²) >= 11 is 0. The number of carbonyl (C=O) groups is 1. The Labute approximate surface area is 137 Å². The summed E-state index contributed by atoms with van der Waals surface area (Å²) in [5, 5.41) is 9.36. The molecule has 0 saturated heterocycles. The second kappa shape index (κ2) is 7.79. The third-order valence-electron chi connectivity index (χ3n) is 4.03. The molecule has 0 radical (unpaired) electrons. The van der Waals surface area contributed by atoms with Gasteiger partial charge in [-0.3, -0.25) is 4.79 Å². The zero-order valence-electron chi connectivity index (χ0n) is 13.8. The maximum absolute atomic E-state index is 12.8. The number of carbonyl (C=O) groups excluding carboxylic acids is 1. The fraction of sp³-hybridized carbons (Fsp3) is 0.316. The molecule has 122 valence electrons. The van der Waals surface area contributed by atoms with E-state index in [1.807, 2.05) is 43.3 Å².